The van der Waals surface area contributed by atoms with Crippen LogP contribution < -0.4 is 4.74 Å². The predicted octanol–water partition coefficient (Wildman–Crippen LogP) is 4.43. The number of fused-ring (bicyclic) bond motifs is 1. The smallest absolute Gasteiger partial charge is 0.334 e. The van der Waals surface area contributed by atoms with E-state index in [4.69, 9.17) is 4.74 Å². The van der Waals surface area contributed by atoms with Gasteiger partial charge in [0.25, 0.3) is 5.88 Å². The fourth-order valence-electron chi connectivity index (χ4n) is 2.77. The Morgan fingerprint density at radius 2 is 1.85 bits per heavy atom. The van der Waals surface area contributed by atoms with Crippen LogP contribution in [0.15, 0.2) is 67.0 Å². The van der Waals surface area contributed by atoms with Crippen LogP contribution in [-0.4, -0.2) is 19.7 Å². The van der Waals surface area contributed by atoms with E-state index in [0.717, 1.165) is 16.6 Å². The minimum atomic E-state index is -0.484. The predicted molar refractivity (Wildman–Crippen MR) is 96.8 cm³/mol. The van der Waals surface area contributed by atoms with Gasteiger partial charge in [-0.1, -0.05) is 18.2 Å². The van der Waals surface area contributed by atoms with Gasteiger partial charge in [0.1, 0.15) is 5.75 Å². The van der Waals surface area contributed by atoms with Gasteiger partial charge in [-0.25, -0.2) is 9.67 Å². The highest BCUT2D eigenvalue weighted by molar-refractivity contribution is 5.80. The molecule has 0 N–H and O–H groups in total. The zero-order valence-electron chi connectivity index (χ0n) is 13.9. The van der Waals surface area contributed by atoms with Crippen molar-refractivity contribution in [3.63, 3.8) is 0 Å². The number of para-hydroxylation sites is 1. The van der Waals surface area contributed by atoms with Gasteiger partial charge in [-0.3, -0.25) is 10.1 Å². The van der Waals surface area contributed by atoms with Crippen LogP contribution >= 0.6 is 0 Å². The van der Waals surface area contributed by atoms with Gasteiger partial charge in [0.05, 0.1) is 22.3 Å². The molecule has 0 bridgehead atoms. The lowest BCUT2D eigenvalue weighted by Crippen LogP contribution is -1.99. The second-order valence-electron chi connectivity index (χ2n) is 5.75. The Morgan fingerprint density at radius 1 is 1.08 bits per heavy atom. The van der Waals surface area contributed by atoms with E-state index in [1.165, 1.54) is 6.20 Å². The van der Waals surface area contributed by atoms with Gasteiger partial charge >= 0.3 is 5.69 Å². The number of hydrogen-bond acceptors (Lipinski definition) is 5. The summed E-state index contributed by atoms with van der Waals surface area (Å²) in [5, 5.41) is 16.7. The first-order valence-electron chi connectivity index (χ1n) is 7.94. The highest BCUT2D eigenvalue weighted by atomic mass is 16.6. The Labute approximate surface area is 148 Å². The molecule has 0 saturated carbocycles. The molecule has 128 valence electrons. The van der Waals surface area contributed by atoms with Gasteiger partial charge in [-0.15, -0.1) is 0 Å². The van der Waals surface area contributed by atoms with Crippen LogP contribution in [0, 0.1) is 17.0 Å². The summed E-state index contributed by atoms with van der Waals surface area (Å²) < 4.78 is 7.45. The molecule has 0 saturated heterocycles. The van der Waals surface area contributed by atoms with Gasteiger partial charge in [0.2, 0.25) is 0 Å². The monoisotopic (exact) mass is 346 g/mol. The second kappa shape index (κ2) is 6.29. The highest BCUT2D eigenvalue weighted by Gasteiger charge is 2.20. The van der Waals surface area contributed by atoms with Crippen molar-refractivity contribution < 1.29 is 9.66 Å². The third-order valence-electron chi connectivity index (χ3n) is 4.05. The van der Waals surface area contributed by atoms with E-state index in [1.807, 2.05) is 41.1 Å². The molecule has 0 aliphatic carbocycles. The molecule has 0 fully saturated rings. The maximum atomic E-state index is 11.2. The summed E-state index contributed by atoms with van der Waals surface area (Å²) in [6, 6.07) is 16.7. The molecular weight excluding hydrogens is 332 g/mol. The molecule has 4 aromatic rings. The Balaban J connectivity index is 1.65. The summed E-state index contributed by atoms with van der Waals surface area (Å²) in [4.78, 5) is 14.7. The maximum Gasteiger partial charge on any atom is 0.334 e. The second-order valence-corrected chi connectivity index (χ2v) is 5.75. The fraction of sp³-hybridized carbons (Fsp3) is 0.0526. The van der Waals surface area contributed by atoms with Crippen LogP contribution in [-0.2, 0) is 0 Å². The van der Waals surface area contributed by atoms with Crippen molar-refractivity contribution in [2.75, 3.05) is 0 Å². The molecule has 4 rings (SSSR count). The lowest BCUT2D eigenvalue weighted by molar-refractivity contribution is -0.386. The summed E-state index contributed by atoms with van der Waals surface area (Å²) in [7, 11) is 0. The van der Waals surface area contributed by atoms with Crippen molar-refractivity contribution in [1.82, 2.24) is 14.8 Å². The molecule has 2 heterocycles. The average Bonchev–Trinajstić information content (AvgIpc) is 3.06. The molecule has 0 unspecified atom stereocenters. The van der Waals surface area contributed by atoms with E-state index >= 15 is 0 Å². The number of rotatable bonds is 4. The van der Waals surface area contributed by atoms with Crippen molar-refractivity contribution in [3.8, 4) is 17.3 Å². The number of aromatic nitrogens is 3. The number of ether oxygens (including phenoxy) is 1. The van der Waals surface area contributed by atoms with E-state index in [2.05, 4.69) is 10.1 Å². The van der Waals surface area contributed by atoms with Crippen LogP contribution in [0.2, 0.25) is 0 Å². The standard InChI is InChI=1S/C19H14N4O3/c1-13-10-11-20-19(18(13)23(24)25)26-16-8-6-15(7-9-16)22-17-5-3-2-4-14(17)12-21-22/h2-12H,1H3. The number of hydrogen-bond donors (Lipinski definition) is 0. The summed E-state index contributed by atoms with van der Waals surface area (Å²) in [5.74, 6) is 0.443. The van der Waals surface area contributed by atoms with Crippen molar-refractivity contribution in [1.29, 1.82) is 0 Å². The minimum absolute atomic E-state index is 0.0210. The molecule has 0 spiro atoms. The third-order valence-corrected chi connectivity index (χ3v) is 4.05. The molecule has 0 aliphatic heterocycles. The maximum absolute atomic E-state index is 11.2. The normalized spacial score (nSPS) is 10.8. The van der Waals surface area contributed by atoms with E-state index in [1.54, 1.807) is 31.3 Å². The molecule has 0 atom stereocenters. The summed E-state index contributed by atoms with van der Waals surface area (Å²) in [6.45, 7) is 1.65. The molecule has 0 aliphatic rings. The average molecular weight is 346 g/mol. The van der Waals surface area contributed by atoms with Crippen molar-refractivity contribution >= 4 is 16.6 Å². The quantitative estimate of drug-likeness (QED) is 0.403. The van der Waals surface area contributed by atoms with Crippen molar-refractivity contribution in [3.05, 3.63) is 82.7 Å². The third kappa shape index (κ3) is 2.75. The topological polar surface area (TPSA) is 83.1 Å². The fourth-order valence-corrected chi connectivity index (χ4v) is 2.77. The lowest BCUT2D eigenvalue weighted by atomic mass is 10.2. The highest BCUT2D eigenvalue weighted by Crippen LogP contribution is 2.32. The summed E-state index contributed by atoms with van der Waals surface area (Å²) in [6.07, 6.45) is 3.29. The first kappa shape index (κ1) is 15.8. The van der Waals surface area contributed by atoms with Crippen LogP contribution in [0.25, 0.3) is 16.6 Å². The zero-order valence-corrected chi connectivity index (χ0v) is 13.9. The molecule has 2 aromatic carbocycles. The number of nitrogens with zero attached hydrogens (tertiary/aromatic N) is 4. The van der Waals surface area contributed by atoms with Crippen LogP contribution in [0.3, 0.4) is 0 Å². The van der Waals surface area contributed by atoms with Crippen LogP contribution in [0.1, 0.15) is 5.56 Å². The first-order chi connectivity index (χ1) is 12.6. The Kier molecular flexibility index (Phi) is 3.81. The van der Waals surface area contributed by atoms with E-state index in [9.17, 15) is 10.1 Å². The van der Waals surface area contributed by atoms with Gasteiger partial charge in [-0.2, -0.15) is 5.10 Å². The van der Waals surface area contributed by atoms with E-state index in [0.29, 0.717) is 11.3 Å². The molecule has 0 radical (unpaired) electrons. The lowest BCUT2D eigenvalue weighted by Gasteiger charge is -2.08. The minimum Gasteiger partial charge on any atom is -0.434 e. The number of aryl methyl sites for hydroxylation is 1. The van der Waals surface area contributed by atoms with Gasteiger partial charge in [0, 0.05) is 17.1 Å². The molecule has 26 heavy (non-hydrogen) atoms. The van der Waals surface area contributed by atoms with Crippen LogP contribution in [0.4, 0.5) is 5.69 Å². The van der Waals surface area contributed by atoms with Crippen LogP contribution in [0.5, 0.6) is 11.6 Å². The molecular formula is C19H14N4O3. The number of nitro groups is 1. The Hall–Kier alpha value is -3.74. The molecule has 0 amide bonds. The largest absolute Gasteiger partial charge is 0.434 e. The summed E-state index contributed by atoms with van der Waals surface area (Å²) >= 11 is 0. The number of benzene rings is 2. The van der Waals surface area contributed by atoms with Gasteiger partial charge in [-0.05, 0) is 43.3 Å². The Bertz CT molecular complexity index is 1100. The first-order valence-corrected chi connectivity index (χ1v) is 7.94. The SMILES string of the molecule is Cc1ccnc(Oc2ccc(-n3ncc4ccccc43)cc2)c1[N+](=O)[O-]. The summed E-state index contributed by atoms with van der Waals surface area (Å²) in [5.41, 5.74) is 2.23. The van der Waals surface area contributed by atoms with Gasteiger partial charge < -0.3 is 4.74 Å². The molecule has 7 nitrogen and oxygen atoms in total. The van der Waals surface area contributed by atoms with E-state index in [-0.39, 0.29) is 11.6 Å². The van der Waals surface area contributed by atoms with Gasteiger partial charge in [0.15, 0.2) is 0 Å². The Morgan fingerprint density at radius 3 is 2.62 bits per heavy atom. The van der Waals surface area contributed by atoms with E-state index < -0.39 is 4.92 Å². The molecule has 2 aromatic heterocycles. The van der Waals surface area contributed by atoms with Crippen molar-refractivity contribution in [2.24, 2.45) is 0 Å². The van der Waals surface area contributed by atoms with Crippen molar-refractivity contribution in [2.45, 2.75) is 6.92 Å². The number of pyridine rings is 1. The molecule has 7 heteroatoms. The zero-order chi connectivity index (χ0) is 18.1.